The van der Waals surface area contributed by atoms with Crippen molar-refractivity contribution in [2.45, 2.75) is 32.7 Å². The standard InChI is InChI=1S/C16H23N3O4/c1-11-5-4-8-18(10-11)12(2)16(20)17-14-7-6-13(23-3)9-15(14)19(21)22/h6-7,9,11-12H,4-5,8,10H2,1-3H3,(H,17,20)/t11-,12+/m1/s1. The number of methoxy groups -OCH3 is 1. The Kier molecular flexibility index (Phi) is 5.54. The Morgan fingerprint density at radius 2 is 2.26 bits per heavy atom. The molecule has 0 spiro atoms. The summed E-state index contributed by atoms with van der Waals surface area (Å²) in [6.07, 6.45) is 2.25. The Bertz CT molecular complexity index is 591. The molecule has 0 aliphatic carbocycles. The highest BCUT2D eigenvalue weighted by atomic mass is 16.6. The van der Waals surface area contributed by atoms with E-state index in [1.54, 1.807) is 6.07 Å². The van der Waals surface area contributed by atoms with Crippen molar-refractivity contribution >= 4 is 17.3 Å². The summed E-state index contributed by atoms with van der Waals surface area (Å²) in [4.78, 5) is 25.2. The van der Waals surface area contributed by atoms with Gasteiger partial charge in [-0.05, 0) is 44.4 Å². The fourth-order valence-corrected chi connectivity index (χ4v) is 2.88. The number of piperidine rings is 1. The van der Waals surface area contributed by atoms with Gasteiger partial charge in [-0.25, -0.2) is 0 Å². The molecule has 1 aliphatic heterocycles. The number of nitro groups is 1. The maximum atomic E-state index is 12.4. The highest BCUT2D eigenvalue weighted by molar-refractivity contribution is 5.96. The van der Waals surface area contributed by atoms with Gasteiger partial charge in [0.1, 0.15) is 11.4 Å². The highest BCUT2D eigenvalue weighted by Gasteiger charge is 2.27. The Labute approximate surface area is 135 Å². The van der Waals surface area contributed by atoms with Crippen LogP contribution in [0.3, 0.4) is 0 Å². The van der Waals surface area contributed by atoms with E-state index in [2.05, 4.69) is 17.1 Å². The number of ether oxygens (including phenoxy) is 1. The SMILES string of the molecule is COc1ccc(NC(=O)[C@H](C)N2CCC[C@@H](C)C2)c([N+](=O)[O-])c1. The van der Waals surface area contributed by atoms with Crippen molar-refractivity contribution in [2.24, 2.45) is 5.92 Å². The van der Waals surface area contributed by atoms with Crippen molar-refractivity contribution < 1.29 is 14.5 Å². The summed E-state index contributed by atoms with van der Waals surface area (Å²) in [5.41, 5.74) is 0.0228. The molecule has 2 atom stereocenters. The number of nitrogens with one attached hydrogen (secondary N) is 1. The van der Waals surface area contributed by atoms with Gasteiger partial charge in [-0.15, -0.1) is 0 Å². The van der Waals surface area contributed by atoms with Gasteiger partial charge in [0.15, 0.2) is 0 Å². The van der Waals surface area contributed by atoms with Crippen LogP contribution in [0.2, 0.25) is 0 Å². The molecule has 0 radical (unpaired) electrons. The smallest absolute Gasteiger partial charge is 0.296 e. The number of nitrogens with zero attached hydrogens (tertiary/aromatic N) is 2. The molecule has 126 valence electrons. The summed E-state index contributed by atoms with van der Waals surface area (Å²) >= 11 is 0. The number of anilines is 1. The largest absolute Gasteiger partial charge is 0.496 e. The minimum Gasteiger partial charge on any atom is -0.496 e. The van der Waals surface area contributed by atoms with Gasteiger partial charge in [-0.1, -0.05) is 6.92 Å². The summed E-state index contributed by atoms with van der Waals surface area (Å²) in [7, 11) is 1.44. The monoisotopic (exact) mass is 321 g/mol. The summed E-state index contributed by atoms with van der Waals surface area (Å²) in [6.45, 7) is 5.76. The zero-order chi connectivity index (χ0) is 17.0. The number of hydrogen-bond donors (Lipinski definition) is 1. The van der Waals surface area contributed by atoms with Crippen LogP contribution in [0.5, 0.6) is 5.75 Å². The minimum absolute atomic E-state index is 0.170. The van der Waals surface area contributed by atoms with Crippen molar-refractivity contribution in [3.8, 4) is 5.75 Å². The van der Waals surface area contributed by atoms with Gasteiger partial charge in [-0.2, -0.15) is 0 Å². The number of benzene rings is 1. The van der Waals surface area contributed by atoms with Crippen molar-refractivity contribution in [3.05, 3.63) is 28.3 Å². The molecule has 23 heavy (non-hydrogen) atoms. The van der Waals surface area contributed by atoms with Crippen LogP contribution in [0.25, 0.3) is 0 Å². The maximum absolute atomic E-state index is 12.4. The fourth-order valence-electron chi connectivity index (χ4n) is 2.88. The summed E-state index contributed by atoms with van der Waals surface area (Å²) < 4.78 is 4.99. The molecule has 1 saturated heterocycles. The van der Waals surface area contributed by atoms with E-state index in [4.69, 9.17) is 4.74 Å². The number of nitro benzene ring substituents is 1. The Morgan fingerprint density at radius 1 is 1.52 bits per heavy atom. The van der Waals surface area contributed by atoms with Gasteiger partial charge in [0, 0.05) is 6.54 Å². The lowest BCUT2D eigenvalue weighted by Crippen LogP contribution is -2.46. The first-order valence-corrected chi connectivity index (χ1v) is 7.79. The van der Waals surface area contributed by atoms with Gasteiger partial charge in [0.25, 0.3) is 5.69 Å². The molecule has 0 unspecified atom stereocenters. The average Bonchev–Trinajstić information content (AvgIpc) is 2.54. The summed E-state index contributed by atoms with van der Waals surface area (Å²) in [6, 6.07) is 4.08. The van der Waals surface area contributed by atoms with E-state index < -0.39 is 4.92 Å². The number of carbonyl (C=O) groups excluding carboxylic acids is 1. The van der Waals surface area contributed by atoms with Crippen LogP contribution >= 0.6 is 0 Å². The first-order chi connectivity index (χ1) is 10.9. The van der Waals surface area contributed by atoms with Crippen LogP contribution in [-0.2, 0) is 4.79 Å². The van der Waals surface area contributed by atoms with Crippen LogP contribution in [0, 0.1) is 16.0 Å². The molecule has 7 heteroatoms. The Balaban J connectivity index is 2.11. The Morgan fingerprint density at radius 3 is 2.87 bits per heavy atom. The van der Waals surface area contributed by atoms with Crippen LogP contribution in [-0.4, -0.2) is 42.0 Å². The number of likely N-dealkylation sites (tertiary alicyclic amines) is 1. The van der Waals surface area contributed by atoms with Gasteiger partial charge in [0.2, 0.25) is 5.91 Å². The van der Waals surface area contributed by atoms with Gasteiger partial charge in [-0.3, -0.25) is 19.8 Å². The minimum atomic E-state index is -0.522. The lowest BCUT2D eigenvalue weighted by molar-refractivity contribution is -0.384. The van der Waals surface area contributed by atoms with E-state index in [1.807, 2.05) is 6.92 Å². The first-order valence-electron chi connectivity index (χ1n) is 7.79. The van der Waals surface area contributed by atoms with E-state index in [1.165, 1.54) is 25.7 Å². The third-order valence-electron chi connectivity index (χ3n) is 4.28. The summed E-state index contributed by atoms with van der Waals surface area (Å²) in [5.74, 6) is 0.717. The number of carbonyl (C=O) groups is 1. The molecule has 1 heterocycles. The van der Waals surface area contributed by atoms with E-state index >= 15 is 0 Å². The van der Waals surface area contributed by atoms with Crippen LogP contribution in [0.1, 0.15) is 26.7 Å². The molecular weight excluding hydrogens is 298 g/mol. The number of hydrogen-bond acceptors (Lipinski definition) is 5. The molecule has 1 aromatic carbocycles. The topological polar surface area (TPSA) is 84.7 Å². The van der Waals surface area contributed by atoms with Crippen LogP contribution in [0.15, 0.2) is 18.2 Å². The Hall–Kier alpha value is -2.15. The van der Waals surface area contributed by atoms with E-state index in [0.29, 0.717) is 11.7 Å². The maximum Gasteiger partial charge on any atom is 0.296 e. The molecular formula is C16H23N3O4. The third-order valence-corrected chi connectivity index (χ3v) is 4.28. The molecule has 1 aromatic rings. The molecule has 0 saturated carbocycles. The highest BCUT2D eigenvalue weighted by Crippen LogP contribution is 2.29. The van der Waals surface area contributed by atoms with Crippen molar-refractivity contribution in [3.63, 3.8) is 0 Å². The number of amides is 1. The molecule has 7 nitrogen and oxygen atoms in total. The molecule has 0 aromatic heterocycles. The van der Waals surface area contributed by atoms with Crippen molar-refractivity contribution in [1.82, 2.24) is 4.90 Å². The second kappa shape index (κ2) is 7.41. The molecule has 1 aliphatic rings. The third kappa shape index (κ3) is 4.19. The lowest BCUT2D eigenvalue weighted by atomic mass is 9.99. The molecule has 2 rings (SSSR count). The lowest BCUT2D eigenvalue weighted by Gasteiger charge is -2.34. The zero-order valence-corrected chi connectivity index (χ0v) is 13.7. The van der Waals surface area contributed by atoms with Gasteiger partial charge in [0.05, 0.1) is 24.1 Å². The summed E-state index contributed by atoms with van der Waals surface area (Å²) in [5, 5.41) is 13.9. The molecule has 1 N–H and O–H groups in total. The number of rotatable bonds is 5. The van der Waals surface area contributed by atoms with Gasteiger partial charge >= 0.3 is 0 Å². The van der Waals surface area contributed by atoms with Gasteiger partial charge < -0.3 is 10.1 Å². The van der Waals surface area contributed by atoms with Crippen LogP contribution in [0.4, 0.5) is 11.4 Å². The quantitative estimate of drug-likeness (QED) is 0.666. The fraction of sp³-hybridized carbons (Fsp3) is 0.562. The first kappa shape index (κ1) is 17.2. The van der Waals surface area contributed by atoms with Crippen LogP contribution < -0.4 is 10.1 Å². The zero-order valence-electron chi connectivity index (χ0n) is 13.7. The van der Waals surface area contributed by atoms with E-state index in [9.17, 15) is 14.9 Å². The molecule has 1 amide bonds. The normalized spacial score (nSPS) is 19.9. The van der Waals surface area contributed by atoms with Crippen molar-refractivity contribution in [1.29, 1.82) is 0 Å². The van der Waals surface area contributed by atoms with E-state index in [-0.39, 0.29) is 23.3 Å². The van der Waals surface area contributed by atoms with E-state index in [0.717, 1.165) is 19.5 Å². The molecule has 1 fully saturated rings. The molecule has 0 bridgehead atoms. The van der Waals surface area contributed by atoms with Crippen molar-refractivity contribution in [2.75, 3.05) is 25.5 Å². The average molecular weight is 321 g/mol. The predicted molar refractivity (Wildman–Crippen MR) is 87.7 cm³/mol. The second-order valence-corrected chi connectivity index (χ2v) is 6.05. The second-order valence-electron chi connectivity index (χ2n) is 6.05. The predicted octanol–water partition coefficient (Wildman–Crippen LogP) is 2.66.